The summed E-state index contributed by atoms with van der Waals surface area (Å²) in [5, 5.41) is 0. The fourth-order valence-corrected chi connectivity index (χ4v) is 2.52. The first-order valence-corrected chi connectivity index (χ1v) is 6.33. The number of nitrogens with zero attached hydrogens (tertiary/aromatic N) is 2. The smallest absolute Gasteiger partial charge is 0.231 e. The molecular weight excluding hydrogens is 240 g/mol. The van der Waals surface area contributed by atoms with E-state index in [1.54, 1.807) is 11.2 Å². The standard InChI is InChI=1S/C14H16N4O/c1-18-12-3-2-9(6-10(12)7-13(18)19)14-11(4-5-15)16-8-17-14/h2-3,6,8H,4-5,7,15H2,1H3,(H,16,17). The molecule has 0 bridgehead atoms. The van der Waals surface area contributed by atoms with Gasteiger partial charge in [-0.25, -0.2) is 4.98 Å². The number of nitrogens with one attached hydrogen (secondary N) is 1. The van der Waals surface area contributed by atoms with Gasteiger partial charge in [-0.05, 0) is 24.2 Å². The fourth-order valence-electron chi connectivity index (χ4n) is 2.52. The zero-order valence-electron chi connectivity index (χ0n) is 10.8. The number of likely N-dealkylation sites (N-methyl/N-ethyl adjacent to an activating group) is 1. The van der Waals surface area contributed by atoms with Crippen LogP contribution >= 0.6 is 0 Å². The summed E-state index contributed by atoms with van der Waals surface area (Å²) in [5.74, 6) is 0.136. The number of carbonyl (C=O) groups is 1. The van der Waals surface area contributed by atoms with Crippen LogP contribution in [0.5, 0.6) is 0 Å². The van der Waals surface area contributed by atoms with Crippen LogP contribution in [0.4, 0.5) is 5.69 Å². The van der Waals surface area contributed by atoms with Crippen LogP contribution in [-0.4, -0.2) is 29.5 Å². The lowest BCUT2D eigenvalue weighted by molar-refractivity contribution is -0.117. The number of aromatic nitrogens is 2. The minimum Gasteiger partial charge on any atom is -0.348 e. The quantitative estimate of drug-likeness (QED) is 0.863. The van der Waals surface area contributed by atoms with Crippen LogP contribution < -0.4 is 10.6 Å². The molecule has 3 rings (SSSR count). The average molecular weight is 256 g/mol. The Morgan fingerprint density at radius 2 is 2.32 bits per heavy atom. The number of imidazole rings is 1. The van der Waals surface area contributed by atoms with Crippen molar-refractivity contribution in [1.29, 1.82) is 0 Å². The van der Waals surface area contributed by atoms with Gasteiger partial charge in [0.1, 0.15) is 0 Å². The van der Waals surface area contributed by atoms with Crippen molar-refractivity contribution < 1.29 is 4.79 Å². The van der Waals surface area contributed by atoms with Gasteiger partial charge >= 0.3 is 0 Å². The molecule has 0 spiro atoms. The Bertz CT molecular complexity index is 632. The molecule has 3 N–H and O–H groups in total. The maximum atomic E-state index is 11.7. The molecule has 0 fully saturated rings. The highest BCUT2D eigenvalue weighted by atomic mass is 16.2. The number of rotatable bonds is 3. The third kappa shape index (κ3) is 1.92. The largest absolute Gasteiger partial charge is 0.348 e. The minimum atomic E-state index is 0.136. The number of aromatic amines is 1. The first-order chi connectivity index (χ1) is 9.20. The van der Waals surface area contributed by atoms with Crippen LogP contribution in [0, 0.1) is 0 Å². The molecule has 1 aromatic carbocycles. The first-order valence-electron chi connectivity index (χ1n) is 6.33. The predicted octanol–water partition coefficient (Wildman–Crippen LogP) is 1.10. The second-order valence-corrected chi connectivity index (χ2v) is 4.74. The van der Waals surface area contributed by atoms with Gasteiger partial charge in [-0.15, -0.1) is 0 Å². The molecule has 1 aromatic heterocycles. The van der Waals surface area contributed by atoms with E-state index in [2.05, 4.69) is 9.97 Å². The first kappa shape index (κ1) is 11.9. The van der Waals surface area contributed by atoms with Crippen molar-refractivity contribution in [2.24, 2.45) is 5.73 Å². The Hall–Kier alpha value is -2.14. The van der Waals surface area contributed by atoms with Crippen LogP contribution in [0.3, 0.4) is 0 Å². The predicted molar refractivity (Wildman–Crippen MR) is 73.9 cm³/mol. The van der Waals surface area contributed by atoms with Crippen molar-refractivity contribution in [2.45, 2.75) is 12.8 Å². The molecule has 1 aliphatic heterocycles. The molecule has 1 aliphatic rings. The van der Waals surface area contributed by atoms with Crippen molar-refractivity contribution in [3.05, 3.63) is 35.8 Å². The van der Waals surface area contributed by atoms with Crippen LogP contribution in [0.15, 0.2) is 24.5 Å². The summed E-state index contributed by atoms with van der Waals surface area (Å²) in [6, 6.07) is 6.04. The Kier molecular flexibility index (Phi) is 2.83. The summed E-state index contributed by atoms with van der Waals surface area (Å²) in [6.45, 7) is 0.585. The number of anilines is 1. The second kappa shape index (κ2) is 4.51. The zero-order valence-corrected chi connectivity index (χ0v) is 10.8. The van der Waals surface area contributed by atoms with E-state index < -0.39 is 0 Å². The van der Waals surface area contributed by atoms with Crippen LogP contribution in [-0.2, 0) is 17.6 Å². The Morgan fingerprint density at radius 3 is 3.11 bits per heavy atom. The molecule has 0 atom stereocenters. The lowest BCUT2D eigenvalue weighted by atomic mass is 10.0. The summed E-state index contributed by atoms with van der Waals surface area (Å²) >= 11 is 0. The second-order valence-electron chi connectivity index (χ2n) is 4.74. The maximum absolute atomic E-state index is 11.7. The molecule has 0 radical (unpaired) electrons. The average Bonchev–Trinajstić information content (AvgIpc) is 2.96. The number of carbonyl (C=O) groups excluding carboxylic acids is 1. The van der Waals surface area contributed by atoms with Gasteiger partial charge in [-0.2, -0.15) is 0 Å². The monoisotopic (exact) mass is 256 g/mol. The highest BCUT2D eigenvalue weighted by molar-refractivity contribution is 6.01. The Balaban J connectivity index is 2.02. The van der Waals surface area contributed by atoms with E-state index in [0.29, 0.717) is 13.0 Å². The molecule has 0 saturated heterocycles. The summed E-state index contributed by atoms with van der Waals surface area (Å²) in [6.07, 6.45) is 2.92. The summed E-state index contributed by atoms with van der Waals surface area (Å²) in [4.78, 5) is 20.9. The SMILES string of the molecule is CN1C(=O)Cc2cc(-c3nc[nH]c3CCN)ccc21. The van der Waals surface area contributed by atoms with Crippen molar-refractivity contribution in [2.75, 3.05) is 18.5 Å². The molecule has 5 nitrogen and oxygen atoms in total. The highest BCUT2D eigenvalue weighted by Crippen LogP contribution is 2.32. The molecule has 0 saturated carbocycles. The number of fused-ring (bicyclic) bond motifs is 1. The number of hydrogen-bond acceptors (Lipinski definition) is 3. The van der Waals surface area contributed by atoms with E-state index in [-0.39, 0.29) is 5.91 Å². The maximum Gasteiger partial charge on any atom is 0.231 e. The topological polar surface area (TPSA) is 75.0 Å². The van der Waals surface area contributed by atoms with Gasteiger partial charge in [0.2, 0.25) is 5.91 Å². The fraction of sp³-hybridized carbons (Fsp3) is 0.286. The third-order valence-electron chi connectivity index (χ3n) is 3.54. The van der Waals surface area contributed by atoms with Crippen molar-refractivity contribution in [1.82, 2.24) is 9.97 Å². The van der Waals surface area contributed by atoms with Crippen molar-refractivity contribution in [3.8, 4) is 11.3 Å². The van der Waals surface area contributed by atoms with Gasteiger partial charge in [0.05, 0.1) is 18.4 Å². The zero-order chi connectivity index (χ0) is 13.4. The van der Waals surface area contributed by atoms with Crippen LogP contribution in [0.2, 0.25) is 0 Å². The number of H-pyrrole nitrogens is 1. The molecule has 19 heavy (non-hydrogen) atoms. The summed E-state index contributed by atoms with van der Waals surface area (Å²) < 4.78 is 0. The molecule has 0 aliphatic carbocycles. The number of nitrogens with two attached hydrogens (primary N) is 1. The summed E-state index contributed by atoms with van der Waals surface area (Å²) in [7, 11) is 1.81. The van der Waals surface area contributed by atoms with E-state index >= 15 is 0 Å². The molecule has 1 amide bonds. The Labute approximate surface area is 111 Å². The van der Waals surface area contributed by atoms with Gasteiger partial charge in [-0.1, -0.05) is 6.07 Å². The summed E-state index contributed by atoms with van der Waals surface area (Å²) in [5.41, 5.74) is 10.6. The van der Waals surface area contributed by atoms with Crippen molar-refractivity contribution in [3.63, 3.8) is 0 Å². The van der Waals surface area contributed by atoms with E-state index in [4.69, 9.17) is 5.73 Å². The Morgan fingerprint density at radius 1 is 1.47 bits per heavy atom. The molecule has 2 heterocycles. The minimum absolute atomic E-state index is 0.136. The van der Waals surface area contributed by atoms with E-state index in [1.807, 2.05) is 25.2 Å². The lowest BCUT2D eigenvalue weighted by Gasteiger charge is -2.10. The normalized spacial score (nSPS) is 14.0. The lowest BCUT2D eigenvalue weighted by Crippen LogP contribution is -2.20. The highest BCUT2D eigenvalue weighted by Gasteiger charge is 2.24. The van der Waals surface area contributed by atoms with E-state index in [0.717, 1.165) is 34.6 Å². The molecule has 5 heteroatoms. The third-order valence-corrected chi connectivity index (χ3v) is 3.54. The van der Waals surface area contributed by atoms with Crippen LogP contribution in [0.25, 0.3) is 11.3 Å². The van der Waals surface area contributed by atoms with E-state index in [9.17, 15) is 4.79 Å². The van der Waals surface area contributed by atoms with Crippen LogP contribution in [0.1, 0.15) is 11.3 Å². The van der Waals surface area contributed by atoms with Crippen molar-refractivity contribution >= 4 is 11.6 Å². The molecule has 0 unspecified atom stereocenters. The number of benzene rings is 1. The molecular formula is C14H16N4O. The molecule has 98 valence electrons. The van der Waals surface area contributed by atoms with Gasteiger partial charge in [-0.3, -0.25) is 4.79 Å². The van der Waals surface area contributed by atoms with E-state index in [1.165, 1.54) is 0 Å². The number of amides is 1. The molecule has 2 aromatic rings. The van der Waals surface area contributed by atoms with Gasteiger partial charge in [0.25, 0.3) is 0 Å². The van der Waals surface area contributed by atoms with Gasteiger partial charge < -0.3 is 15.6 Å². The van der Waals surface area contributed by atoms with Gasteiger partial charge in [0.15, 0.2) is 0 Å². The van der Waals surface area contributed by atoms with Gasteiger partial charge in [0, 0.05) is 30.4 Å². The number of hydrogen-bond donors (Lipinski definition) is 2.